The molecule has 22 heavy (non-hydrogen) atoms. The minimum Gasteiger partial charge on any atom is -0.490 e. The molecule has 0 unspecified atom stereocenters. The van der Waals surface area contributed by atoms with Crippen LogP contribution in [0.4, 0.5) is 0 Å². The number of nitrogens with one attached hydrogen (secondary N) is 1. The van der Waals surface area contributed by atoms with Crippen LogP contribution in [0.25, 0.3) is 0 Å². The molecule has 0 aromatic carbocycles. The molecule has 0 saturated carbocycles. The number of aromatic nitrogens is 1. The summed E-state index contributed by atoms with van der Waals surface area (Å²) in [7, 11) is 2.14. The molecule has 1 saturated heterocycles. The standard InChI is InChI=1S/C16H26N4O2/c1-20-8-3-4-15(20)13-10-14(12-18-11-13)22-9-7-19-16(21)5-2-6-17/h10-12,15H,2-9,17H2,1H3,(H,19,21)/t15-/m0/s1. The zero-order chi connectivity index (χ0) is 15.8. The highest BCUT2D eigenvalue weighted by atomic mass is 16.5. The van der Waals surface area contributed by atoms with E-state index in [9.17, 15) is 4.79 Å². The fraction of sp³-hybridized carbons (Fsp3) is 0.625. The number of pyridine rings is 1. The Labute approximate surface area is 132 Å². The summed E-state index contributed by atoms with van der Waals surface area (Å²) in [6.07, 6.45) is 7.21. The first-order chi connectivity index (χ1) is 10.7. The Bertz CT molecular complexity index is 481. The largest absolute Gasteiger partial charge is 0.490 e. The van der Waals surface area contributed by atoms with Crippen molar-refractivity contribution in [2.24, 2.45) is 5.73 Å². The number of nitrogens with two attached hydrogens (primary N) is 1. The minimum atomic E-state index is 0.0218. The van der Waals surface area contributed by atoms with Gasteiger partial charge in [0.2, 0.25) is 5.91 Å². The smallest absolute Gasteiger partial charge is 0.220 e. The predicted molar refractivity (Wildman–Crippen MR) is 85.6 cm³/mol. The van der Waals surface area contributed by atoms with Crippen LogP contribution in [-0.4, -0.2) is 49.1 Å². The average molecular weight is 306 g/mol. The zero-order valence-corrected chi connectivity index (χ0v) is 13.3. The van der Waals surface area contributed by atoms with E-state index in [0.717, 1.165) is 12.3 Å². The molecule has 1 aromatic rings. The normalized spacial score (nSPS) is 18.4. The van der Waals surface area contributed by atoms with Gasteiger partial charge < -0.3 is 15.8 Å². The zero-order valence-electron chi connectivity index (χ0n) is 13.3. The van der Waals surface area contributed by atoms with E-state index >= 15 is 0 Å². The van der Waals surface area contributed by atoms with Crippen LogP contribution in [-0.2, 0) is 4.79 Å². The number of hydrogen-bond donors (Lipinski definition) is 2. The fourth-order valence-electron chi connectivity index (χ4n) is 2.74. The van der Waals surface area contributed by atoms with E-state index in [0.29, 0.717) is 38.6 Å². The van der Waals surface area contributed by atoms with Crippen molar-refractivity contribution >= 4 is 5.91 Å². The van der Waals surface area contributed by atoms with Gasteiger partial charge in [-0.25, -0.2) is 0 Å². The second-order valence-electron chi connectivity index (χ2n) is 5.68. The van der Waals surface area contributed by atoms with Gasteiger partial charge in [0.05, 0.1) is 12.7 Å². The third kappa shape index (κ3) is 4.96. The van der Waals surface area contributed by atoms with Crippen LogP contribution in [0.3, 0.4) is 0 Å². The minimum absolute atomic E-state index is 0.0218. The summed E-state index contributed by atoms with van der Waals surface area (Å²) in [6, 6.07) is 2.49. The van der Waals surface area contributed by atoms with Crippen LogP contribution in [0.2, 0.25) is 0 Å². The van der Waals surface area contributed by atoms with Crippen LogP contribution in [0.5, 0.6) is 5.75 Å². The van der Waals surface area contributed by atoms with E-state index in [1.165, 1.54) is 18.4 Å². The summed E-state index contributed by atoms with van der Waals surface area (Å²) in [4.78, 5) is 18.0. The number of ether oxygens (including phenoxy) is 1. The molecular weight excluding hydrogens is 280 g/mol. The van der Waals surface area contributed by atoms with Crippen molar-refractivity contribution < 1.29 is 9.53 Å². The number of rotatable bonds is 8. The van der Waals surface area contributed by atoms with Crippen molar-refractivity contribution in [2.75, 3.05) is 33.3 Å². The maximum Gasteiger partial charge on any atom is 0.220 e. The summed E-state index contributed by atoms with van der Waals surface area (Å²) in [5, 5.41) is 2.82. The first-order valence-electron chi connectivity index (χ1n) is 7.95. The number of hydrogen-bond acceptors (Lipinski definition) is 5. The van der Waals surface area contributed by atoms with Crippen molar-refractivity contribution in [1.29, 1.82) is 0 Å². The van der Waals surface area contributed by atoms with Gasteiger partial charge >= 0.3 is 0 Å². The lowest BCUT2D eigenvalue weighted by atomic mass is 10.1. The Morgan fingerprint density at radius 3 is 3.14 bits per heavy atom. The number of nitrogens with zero attached hydrogens (tertiary/aromatic N) is 2. The second kappa shape index (κ2) is 8.70. The van der Waals surface area contributed by atoms with E-state index in [4.69, 9.17) is 10.5 Å². The maximum absolute atomic E-state index is 11.4. The molecule has 1 atom stereocenters. The quantitative estimate of drug-likeness (QED) is 0.703. The first-order valence-corrected chi connectivity index (χ1v) is 7.95. The van der Waals surface area contributed by atoms with Crippen LogP contribution < -0.4 is 15.8 Å². The highest BCUT2D eigenvalue weighted by Crippen LogP contribution is 2.31. The van der Waals surface area contributed by atoms with E-state index in [2.05, 4.69) is 28.3 Å². The molecule has 1 aliphatic heterocycles. The van der Waals surface area contributed by atoms with Gasteiger partial charge in [0.1, 0.15) is 12.4 Å². The van der Waals surface area contributed by atoms with Crippen LogP contribution >= 0.6 is 0 Å². The summed E-state index contributed by atoms with van der Waals surface area (Å²) in [6.45, 7) is 2.61. The third-order valence-corrected chi connectivity index (χ3v) is 3.94. The molecule has 1 amide bonds. The Morgan fingerprint density at radius 2 is 2.41 bits per heavy atom. The lowest BCUT2D eigenvalue weighted by Gasteiger charge is -2.19. The van der Waals surface area contributed by atoms with Gasteiger partial charge in [-0.05, 0) is 51.0 Å². The Kier molecular flexibility index (Phi) is 6.61. The monoisotopic (exact) mass is 306 g/mol. The van der Waals surface area contributed by atoms with Crippen LogP contribution in [0.1, 0.15) is 37.3 Å². The van der Waals surface area contributed by atoms with E-state index < -0.39 is 0 Å². The number of carbonyl (C=O) groups excluding carboxylic acids is 1. The van der Waals surface area contributed by atoms with Crippen molar-refractivity contribution in [3.8, 4) is 5.75 Å². The van der Waals surface area contributed by atoms with Gasteiger partial charge in [-0.2, -0.15) is 0 Å². The molecule has 1 aromatic heterocycles. The Hall–Kier alpha value is -1.66. The van der Waals surface area contributed by atoms with E-state index in [1.807, 2.05) is 6.20 Å². The molecule has 122 valence electrons. The van der Waals surface area contributed by atoms with Crippen molar-refractivity contribution in [3.05, 3.63) is 24.0 Å². The van der Waals surface area contributed by atoms with Crippen molar-refractivity contribution in [1.82, 2.24) is 15.2 Å². The SMILES string of the molecule is CN1CCC[C@H]1c1cncc(OCCNC(=O)CCCN)c1. The number of amides is 1. The second-order valence-corrected chi connectivity index (χ2v) is 5.68. The summed E-state index contributed by atoms with van der Waals surface area (Å²) in [5.74, 6) is 0.780. The van der Waals surface area contributed by atoms with Gasteiger partial charge in [-0.1, -0.05) is 0 Å². The van der Waals surface area contributed by atoms with E-state index in [-0.39, 0.29) is 5.91 Å². The molecule has 2 rings (SSSR count). The number of likely N-dealkylation sites (tertiary alicyclic amines) is 1. The first kappa shape index (κ1) is 16.7. The van der Waals surface area contributed by atoms with Gasteiger partial charge in [-0.3, -0.25) is 14.7 Å². The summed E-state index contributed by atoms with van der Waals surface area (Å²) in [5.41, 5.74) is 6.57. The molecule has 0 bridgehead atoms. The Balaban J connectivity index is 1.75. The van der Waals surface area contributed by atoms with Crippen molar-refractivity contribution in [2.45, 2.75) is 31.7 Å². The fourth-order valence-corrected chi connectivity index (χ4v) is 2.74. The van der Waals surface area contributed by atoms with Crippen LogP contribution in [0, 0.1) is 0 Å². The molecule has 0 aliphatic carbocycles. The molecule has 0 spiro atoms. The maximum atomic E-state index is 11.4. The van der Waals surface area contributed by atoms with Crippen molar-refractivity contribution in [3.63, 3.8) is 0 Å². The molecule has 2 heterocycles. The summed E-state index contributed by atoms with van der Waals surface area (Å²) >= 11 is 0. The lowest BCUT2D eigenvalue weighted by Crippen LogP contribution is -2.28. The highest BCUT2D eigenvalue weighted by molar-refractivity contribution is 5.75. The van der Waals surface area contributed by atoms with Gasteiger partial charge in [0.15, 0.2) is 0 Å². The molecule has 0 radical (unpaired) electrons. The van der Waals surface area contributed by atoms with Gasteiger partial charge in [-0.15, -0.1) is 0 Å². The number of carbonyl (C=O) groups is 1. The van der Waals surface area contributed by atoms with E-state index in [1.54, 1.807) is 6.20 Å². The molecule has 1 aliphatic rings. The van der Waals surface area contributed by atoms with Gasteiger partial charge in [0, 0.05) is 18.7 Å². The molecular formula is C16H26N4O2. The van der Waals surface area contributed by atoms with Crippen LogP contribution in [0.15, 0.2) is 18.5 Å². The predicted octanol–water partition coefficient (Wildman–Crippen LogP) is 1.08. The average Bonchev–Trinajstić information content (AvgIpc) is 2.96. The Morgan fingerprint density at radius 1 is 1.55 bits per heavy atom. The third-order valence-electron chi connectivity index (χ3n) is 3.94. The lowest BCUT2D eigenvalue weighted by molar-refractivity contribution is -0.121. The molecule has 6 heteroatoms. The summed E-state index contributed by atoms with van der Waals surface area (Å²) < 4.78 is 5.68. The molecule has 1 fully saturated rings. The topological polar surface area (TPSA) is 80.5 Å². The van der Waals surface area contributed by atoms with Gasteiger partial charge in [0.25, 0.3) is 0 Å². The molecule has 6 nitrogen and oxygen atoms in total. The molecule has 3 N–H and O–H groups in total. The highest BCUT2D eigenvalue weighted by Gasteiger charge is 2.22.